The van der Waals surface area contributed by atoms with Gasteiger partial charge in [0.05, 0.1) is 0 Å². The number of carboxylic acids is 1. The zero-order valence-corrected chi connectivity index (χ0v) is 18.7. The fourth-order valence-corrected chi connectivity index (χ4v) is 2.34. The van der Waals surface area contributed by atoms with E-state index in [9.17, 15) is 9.90 Å². The molecule has 0 fully saturated rings. The summed E-state index contributed by atoms with van der Waals surface area (Å²) in [4.78, 5) is 14.8. The van der Waals surface area contributed by atoms with E-state index < -0.39 is 5.97 Å². The van der Waals surface area contributed by atoms with Crippen LogP contribution in [0.4, 0.5) is 0 Å². The number of hydrogen-bond donors (Lipinski definition) is 0. The first-order valence-corrected chi connectivity index (χ1v) is 15.3. The fraction of sp³-hybridized carbons (Fsp3) is 0.850. The molecular formula is C20H39O2Sn. The van der Waals surface area contributed by atoms with Crippen molar-refractivity contribution in [2.75, 3.05) is 0 Å². The van der Waals surface area contributed by atoms with Gasteiger partial charge in [-0.1, -0.05) is 70.4 Å². The molecule has 0 aliphatic carbocycles. The second kappa shape index (κ2) is 24.3. The van der Waals surface area contributed by atoms with E-state index in [0.29, 0.717) is 0 Å². The molecule has 2 nitrogen and oxygen atoms in total. The number of hydrogen-bond acceptors (Lipinski definition) is 2. The standard InChI is InChI=1S/C18H34O2.2CH3.Sn/c1-2-3-4-5-6-7-8-9-10-11-12-13-14-15-16-17-18(19)20;;;/h9-10H,2-8,11-17H2,1H3,(H,19,20);2*1H3;/q;;;+1/p-1. The van der Waals surface area contributed by atoms with Crippen LogP contribution in [-0.4, -0.2) is 27.1 Å². The Hall–Kier alpha value is 0.00870. The minimum atomic E-state index is -0.914. The van der Waals surface area contributed by atoms with E-state index in [4.69, 9.17) is 0 Å². The Bertz CT molecular complexity index is 252. The average Bonchev–Trinajstić information content (AvgIpc) is 2.51. The third kappa shape index (κ3) is 30.5. The summed E-state index contributed by atoms with van der Waals surface area (Å²) in [6.45, 7) is 2.26. The predicted molar refractivity (Wildman–Crippen MR) is 102 cm³/mol. The van der Waals surface area contributed by atoms with E-state index in [1.165, 1.54) is 64.2 Å². The number of unbranched alkanes of at least 4 members (excludes halogenated alkanes) is 11. The number of carbonyl (C=O) groups is 1. The van der Waals surface area contributed by atoms with Gasteiger partial charge in [0, 0.05) is 5.97 Å². The average molecular weight is 430 g/mol. The molecule has 0 aromatic carbocycles. The summed E-state index contributed by atoms with van der Waals surface area (Å²) in [6, 6.07) is 0. The molecule has 0 atom stereocenters. The van der Waals surface area contributed by atoms with Crippen LogP contribution in [0.2, 0.25) is 9.88 Å². The van der Waals surface area contributed by atoms with Crippen LogP contribution in [0.25, 0.3) is 0 Å². The van der Waals surface area contributed by atoms with Crippen molar-refractivity contribution in [1.82, 2.24) is 0 Å². The molecule has 0 aliphatic rings. The fourth-order valence-electron chi connectivity index (χ4n) is 2.34. The van der Waals surface area contributed by atoms with E-state index in [1.54, 1.807) is 0 Å². The van der Waals surface area contributed by atoms with Gasteiger partial charge in [-0.3, -0.25) is 0 Å². The maximum atomic E-state index is 10.2. The molecule has 0 saturated heterocycles. The normalized spacial score (nSPS) is 10.4. The molecule has 0 amide bonds. The van der Waals surface area contributed by atoms with E-state index in [1.807, 2.05) is 0 Å². The number of carbonyl (C=O) groups excluding carboxylic acids is 1. The van der Waals surface area contributed by atoms with Gasteiger partial charge in [0.25, 0.3) is 0 Å². The summed E-state index contributed by atoms with van der Waals surface area (Å²) in [6.07, 6.45) is 20.9. The quantitative estimate of drug-likeness (QED) is 0.194. The molecule has 0 spiro atoms. The van der Waals surface area contributed by atoms with Gasteiger partial charge in [0.2, 0.25) is 0 Å². The molecule has 0 N–H and O–H groups in total. The molecule has 0 rings (SSSR count). The monoisotopic (exact) mass is 431 g/mol. The molecular weight excluding hydrogens is 391 g/mol. The summed E-state index contributed by atoms with van der Waals surface area (Å²) < 4.78 is 0. The minimum absolute atomic E-state index is 0.220. The molecule has 0 saturated carbocycles. The third-order valence-corrected chi connectivity index (χ3v) is 3.64. The molecule has 1 radical (unpaired) electrons. The topological polar surface area (TPSA) is 40.1 Å². The van der Waals surface area contributed by atoms with Crippen molar-refractivity contribution in [1.29, 1.82) is 0 Å². The van der Waals surface area contributed by atoms with Crippen molar-refractivity contribution >= 4 is 27.1 Å². The summed E-state index contributed by atoms with van der Waals surface area (Å²) in [7, 11) is 0. The number of aliphatic carboxylic acids is 1. The Morgan fingerprint density at radius 1 is 0.783 bits per heavy atom. The van der Waals surface area contributed by atoms with Gasteiger partial charge in [-0.2, -0.15) is 0 Å². The molecule has 135 valence electrons. The van der Waals surface area contributed by atoms with Gasteiger partial charge in [-0.15, -0.1) is 0 Å². The van der Waals surface area contributed by atoms with E-state index in [2.05, 4.69) is 29.0 Å². The van der Waals surface area contributed by atoms with E-state index in [0.717, 1.165) is 19.3 Å². The van der Waals surface area contributed by atoms with Gasteiger partial charge in [0.15, 0.2) is 0 Å². The molecule has 0 heterocycles. The van der Waals surface area contributed by atoms with Crippen LogP contribution in [-0.2, 0) is 4.79 Å². The summed E-state index contributed by atoms with van der Waals surface area (Å²) >= 11 is 0.230. The summed E-state index contributed by atoms with van der Waals surface area (Å²) in [5.41, 5.74) is 0. The third-order valence-electron chi connectivity index (χ3n) is 3.64. The van der Waals surface area contributed by atoms with Gasteiger partial charge >= 0.3 is 31.0 Å². The zero-order chi connectivity index (χ0) is 17.6. The maximum absolute atomic E-state index is 10.2. The molecule has 0 bridgehead atoms. The van der Waals surface area contributed by atoms with Crippen molar-refractivity contribution in [2.45, 2.75) is 107 Å². The van der Waals surface area contributed by atoms with Gasteiger partial charge in [0.1, 0.15) is 0 Å². The van der Waals surface area contributed by atoms with Crippen LogP contribution in [0.1, 0.15) is 96.8 Å². The Balaban J connectivity index is 0. The Kier molecular flexibility index (Phi) is 26.6. The number of allylic oxidation sites excluding steroid dienone is 2. The van der Waals surface area contributed by atoms with Crippen molar-refractivity contribution in [3.63, 3.8) is 0 Å². The van der Waals surface area contributed by atoms with Crippen LogP contribution < -0.4 is 5.11 Å². The first kappa shape index (κ1) is 25.3. The van der Waals surface area contributed by atoms with Gasteiger partial charge in [-0.25, -0.2) is 0 Å². The summed E-state index contributed by atoms with van der Waals surface area (Å²) in [5, 5.41) is 10.2. The molecule has 0 aromatic rings. The SMILES string of the molecule is CCCCCCCCC=CCCCCCCCC(=O)[O-].[CH3][Sn+][CH3]. The first-order valence-electron chi connectivity index (χ1n) is 9.62. The molecule has 0 aliphatic heterocycles. The first-order chi connectivity index (χ1) is 11.2. The van der Waals surface area contributed by atoms with Crippen LogP contribution in [0, 0.1) is 0 Å². The Morgan fingerprint density at radius 3 is 1.61 bits per heavy atom. The molecule has 23 heavy (non-hydrogen) atoms. The number of carboxylic acid groups (broad SMARTS) is 1. The van der Waals surface area contributed by atoms with Crippen LogP contribution in [0.5, 0.6) is 0 Å². The summed E-state index contributed by atoms with van der Waals surface area (Å²) in [5.74, 6) is -0.914. The van der Waals surface area contributed by atoms with Gasteiger partial charge < -0.3 is 9.90 Å². The van der Waals surface area contributed by atoms with Crippen molar-refractivity contribution in [3.8, 4) is 0 Å². The van der Waals surface area contributed by atoms with Gasteiger partial charge in [-0.05, 0) is 38.5 Å². The van der Waals surface area contributed by atoms with Crippen LogP contribution >= 0.6 is 0 Å². The number of rotatable bonds is 15. The van der Waals surface area contributed by atoms with Crippen molar-refractivity contribution in [3.05, 3.63) is 12.2 Å². The van der Waals surface area contributed by atoms with Crippen LogP contribution in [0.3, 0.4) is 0 Å². The van der Waals surface area contributed by atoms with Crippen molar-refractivity contribution < 1.29 is 9.90 Å². The predicted octanol–water partition coefficient (Wildman–Crippen LogP) is 5.56. The zero-order valence-electron chi connectivity index (χ0n) is 15.9. The molecule has 3 heteroatoms. The van der Waals surface area contributed by atoms with Crippen LogP contribution in [0.15, 0.2) is 12.2 Å². The van der Waals surface area contributed by atoms with Crippen molar-refractivity contribution in [2.24, 2.45) is 0 Å². The molecule has 0 aromatic heterocycles. The Labute approximate surface area is 155 Å². The second-order valence-corrected chi connectivity index (χ2v) is 9.06. The van der Waals surface area contributed by atoms with E-state index >= 15 is 0 Å². The molecule has 0 unspecified atom stereocenters. The van der Waals surface area contributed by atoms with E-state index in [-0.39, 0.29) is 27.6 Å². The Morgan fingerprint density at radius 2 is 1.17 bits per heavy atom. The second-order valence-electron chi connectivity index (χ2n) is 6.21.